The zero-order valence-electron chi connectivity index (χ0n) is 12.7. The minimum Gasteiger partial charge on any atom is -0.481 e. The molecule has 1 N–H and O–H groups in total. The summed E-state index contributed by atoms with van der Waals surface area (Å²) in [5.41, 5.74) is 0.822. The fourth-order valence-corrected chi connectivity index (χ4v) is 2.95. The third-order valence-corrected chi connectivity index (χ3v) is 4.34. The van der Waals surface area contributed by atoms with E-state index in [4.69, 9.17) is 5.11 Å². The van der Waals surface area contributed by atoms with Crippen molar-refractivity contribution in [2.24, 2.45) is 5.92 Å². The highest BCUT2D eigenvalue weighted by Gasteiger charge is 2.46. The molecular weight excluding hydrogens is 335 g/mol. The van der Waals surface area contributed by atoms with E-state index in [-0.39, 0.29) is 6.04 Å². The van der Waals surface area contributed by atoms with Crippen LogP contribution in [0.4, 0.5) is 13.2 Å². The number of carboxylic acid groups (broad SMARTS) is 1. The van der Waals surface area contributed by atoms with Gasteiger partial charge in [0.1, 0.15) is 5.69 Å². The Kier molecular flexibility index (Phi) is 3.31. The molecule has 25 heavy (non-hydrogen) atoms. The van der Waals surface area contributed by atoms with Gasteiger partial charge in [0.05, 0.1) is 17.5 Å². The molecule has 1 aliphatic carbocycles. The average molecular weight is 347 g/mol. The number of nitrogens with zero attached hydrogens (tertiary/aromatic N) is 3. The highest BCUT2D eigenvalue weighted by Crippen LogP contribution is 2.45. The molecule has 0 bridgehead atoms. The van der Waals surface area contributed by atoms with Crippen LogP contribution < -0.4 is 0 Å². The summed E-state index contributed by atoms with van der Waals surface area (Å²) in [6, 6.07) is 7.95. The summed E-state index contributed by atoms with van der Waals surface area (Å²) in [6.45, 7) is 0. The topological polar surface area (TPSA) is 68.0 Å². The summed E-state index contributed by atoms with van der Waals surface area (Å²) in [5.74, 6) is -1.40. The van der Waals surface area contributed by atoms with Gasteiger partial charge in [0.25, 0.3) is 0 Å². The summed E-state index contributed by atoms with van der Waals surface area (Å²) >= 11 is 0. The molecular formula is C17H12F3N3O2. The molecule has 0 spiro atoms. The van der Waals surface area contributed by atoms with E-state index in [1.54, 1.807) is 23.0 Å². The first kappa shape index (κ1) is 15.6. The molecule has 5 nitrogen and oxygen atoms in total. The van der Waals surface area contributed by atoms with Gasteiger partial charge in [0.15, 0.2) is 5.65 Å². The van der Waals surface area contributed by atoms with Crippen LogP contribution >= 0.6 is 0 Å². The van der Waals surface area contributed by atoms with Crippen molar-refractivity contribution in [2.75, 3.05) is 0 Å². The monoisotopic (exact) mass is 347 g/mol. The van der Waals surface area contributed by atoms with Gasteiger partial charge >= 0.3 is 12.1 Å². The van der Waals surface area contributed by atoms with Gasteiger partial charge in [0, 0.05) is 17.1 Å². The predicted octanol–water partition coefficient (Wildman–Crippen LogP) is 3.76. The van der Waals surface area contributed by atoms with Gasteiger partial charge in [-0.25, -0.2) is 9.67 Å². The Morgan fingerprint density at radius 3 is 2.52 bits per heavy atom. The number of hydrogen-bond acceptors (Lipinski definition) is 3. The number of pyridine rings is 1. The fourth-order valence-electron chi connectivity index (χ4n) is 2.95. The number of aliphatic carboxylic acids is 1. The van der Waals surface area contributed by atoms with E-state index in [9.17, 15) is 18.0 Å². The highest BCUT2D eigenvalue weighted by atomic mass is 19.4. The van der Waals surface area contributed by atoms with Gasteiger partial charge in [-0.3, -0.25) is 4.79 Å². The van der Waals surface area contributed by atoms with Crippen LogP contribution in [0, 0.1) is 5.92 Å². The number of fused-ring (bicyclic) bond motifs is 1. The van der Waals surface area contributed by atoms with Crippen LogP contribution in [0.3, 0.4) is 0 Å². The largest absolute Gasteiger partial charge is 0.481 e. The van der Waals surface area contributed by atoms with Crippen molar-refractivity contribution < 1.29 is 23.1 Å². The molecule has 3 aromatic rings. The molecule has 0 saturated heterocycles. The molecule has 128 valence electrons. The van der Waals surface area contributed by atoms with Gasteiger partial charge in [-0.05, 0) is 30.7 Å². The second kappa shape index (κ2) is 5.30. The van der Waals surface area contributed by atoms with Gasteiger partial charge < -0.3 is 5.11 Å². The Balaban J connectivity index is 1.79. The van der Waals surface area contributed by atoms with Crippen molar-refractivity contribution in [3.8, 4) is 11.3 Å². The Morgan fingerprint density at radius 2 is 1.92 bits per heavy atom. The lowest BCUT2D eigenvalue weighted by Crippen LogP contribution is -2.05. The van der Waals surface area contributed by atoms with E-state index in [1.807, 2.05) is 0 Å². The van der Waals surface area contributed by atoms with Crippen molar-refractivity contribution in [3.05, 3.63) is 48.2 Å². The molecule has 1 saturated carbocycles. The lowest BCUT2D eigenvalue weighted by Gasteiger charge is -2.06. The maximum atomic E-state index is 12.7. The standard InChI is InChI=1S/C17H12F3N3O2/c18-17(19,20)10-5-3-9(4-6-10)14-11-2-1-7-21-15(11)23(22-14)13-8-12(13)16(24)25/h1-7,12-13H,8H2,(H,24,25)/t12-,13?/m1/s1. The molecule has 0 aliphatic heterocycles. The molecule has 2 heterocycles. The normalized spacial score (nSPS) is 20.0. The third kappa shape index (κ3) is 2.63. The number of rotatable bonds is 3. The van der Waals surface area contributed by atoms with Crippen LogP contribution in [-0.4, -0.2) is 25.8 Å². The fraction of sp³-hybridized carbons (Fsp3) is 0.235. The van der Waals surface area contributed by atoms with Gasteiger partial charge in [0.2, 0.25) is 0 Å². The number of benzene rings is 1. The van der Waals surface area contributed by atoms with Crippen molar-refractivity contribution in [1.29, 1.82) is 0 Å². The predicted molar refractivity (Wildman–Crippen MR) is 82.7 cm³/mol. The number of carboxylic acids is 1. The maximum absolute atomic E-state index is 12.7. The van der Waals surface area contributed by atoms with E-state index >= 15 is 0 Å². The van der Waals surface area contributed by atoms with Crippen molar-refractivity contribution in [2.45, 2.75) is 18.6 Å². The zero-order chi connectivity index (χ0) is 17.8. The molecule has 0 radical (unpaired) electrons. The van der Waals surface area contributed by atoms with E-state index in [0.717, 1.165) is 12.1 Å². The molecule has 2 aromatic heterocycles. The number of hydrogen-bond donors (Lipinski definition) is 1. The SMILES string of the molecule is O=C(O)[C@@H]1CC1n1nc(-c2ccc(C(F)(F)F)cc2)c2cccnc21. The van der Waals surface area contributed by atoms with Gasteiger partial charge in [-0.15, -0.1) is 0 Å². The molecule has 1 fully saturated rings. The van der Waals surface area contributed by atoms with Crippen LogP contribution in [0.5, 0.6) is 0 Å². The smallest absolute Gasteiger partial charge is 0.416 e. The summed E-state index contributed by atoms with van der Waals surface area (Å²) in [6.07, 6.45) is -2.35. The first-order valence-electron chi connectivity index (χ1n) is 7.60. The van der Waals surface area contributed by atoms with E-state index in [2.05, 4.69) is 10.1 Å². The summed E-state index contributed by atoms with van der Waals surface area (Å²) < 4.78 is 39.8. The van der Waals surface area contributed by atoms with Crippen molar-refractivity contribution in [3.63, 3.8) is 0 Å². The minimum atomic E-state index is -4.40. The second-order valence-electron chi connectivity index (χ2n) is 5.99. The lowest BCUT2D eigenvalue weighted by atomic mass is 10.1. The molecule has 4 rings (SSSR count). The van der Waals surface area contributed by atoms with Gasteiger partial charge in [-0.1, -0.05) is 12.1 Å². The summed E-state index contributed by atoms with van der Waals surface area (Å²) in [4.78, 5) is 15.4. The Labute approximate surface area is 139 Å². The van der Waals surface area contributed by atoms with Crippen LogP contribution in [0.1, 0.15) is 18.0 Å². The third-order valence-electron chi connectivity index (χ3n) is 4.34. The highest BCUT2D eigenvalue weighted by molar-refractivity contribution is 5.91. The first-order valence-corrected chi connectivity index (χ1v) is 7.60. The van der Waals surface area contributed by atoms with Crippen LogP contribution in [-0.2, 0) is 11.0 Å². The summed E-state index contributed by atoms with van der Waals surface area (Å²) in [5, 5.41) is 14.3. The van der Waals surface area contributed by atoms with Crippen molar-refractivity contribution in [1.82, 2.24) is 14.8 Å². The van der Waals surface area contributed by atoms with E-state index < -0.39 is 23.6 Å². The van der Waals surface area contributed by atoms with Crippen LogP contribution in [0.15, 0.2) is 42.6 Å². The Morgan fingerprint density at radius 1 is 1.20 bits per heavy atom. The molecule has 1 aromatic carbocycles. The van der Waals surface area contributed by atoms with E-state index in [1.165, 1.54) is 12.1 Å². The van der Waals surface area contributed by atoms with Crippen LogP contribution in [0.25, 0.3) is 22.3 Å². The molecule has 1 unspecified atom stereocenters. The average Bonchev–Trinajstić information content (AvgIpc) is 3.29. The Hall–Kier alpha value is -2.90. The molecule has 8 heteroatoms. The number of carbonyl (C=O) groups is 1. The lowest BCUT2D eigenvalue weighted by molar-refractivity contribution is -0.139. The van der Waals surface area contributed by atoms with Gasteiger partial charge in [-0.2, -0.15) is 18.3 Å². The van der Waals surface area contributed by atoms with E-state index in [0.29, 0.717) is 28.7 Å². The number of alkyl halides is 3. The van der Waals surface area contributed by atoms with Crippen LogP contribution in [0.2, 0.25) is 0 Å². The van der Waals surface area contributed by atoms with Crippen molar-refractivity contribution >= 4 is 17.0 Å². The molecule has 0 amide bonds. The second-order valence-corrected chi connectivity index (χ2v) is 5.99. The molecule has 1 aliphatic rings. The quantitative estimate of drug-likeness (QED) is 0.783. The summed E-state index contributed by atoms with van der Waals surface area (Å²) in [7, 11) is 0. The zero-order valence-corrected chi connectivity index (χ0v) is 12.7. The Bertz CT molecular complexity index is 963. The number of halogens is 3. The number of aromatic nitrogens is 3. The maximum Gasteiger partial charge on any atom is 0.416 e. The first-order chi connectivity index (χ1) is 11.9. The molecule has 2 atom stereocenters. The minimum absolute atomic E-state index is 0.280.